The van der Waals surface area contributed by atoms with E-state index < -0.39 is 0 Å². The van der Waals surface area contributed by atoms with Gasteiger partial charge in [0.1, 0.15) is 0 Å². The second-order valence-electron chi connectivity index (χ2n) is 7.08. The molecule has 0 bridgehead atoms. The summed E-state index contributed by atoms with van der Waals surface area (Å²) in [5, 5.41) is 5.83. The van der Waals surface area contributed by atoms with E-state index in [-0.39, 0.29) is 11.8 Å². The second kappa shape index (κ2) is 9.33. The van der Waals surface area contributed by atoms with Crippen LogP contribution in [0.25, 0.3) is 0 Å². The van der Waals surface area contributed by atoms with Crippen molar-refractivity contribution in [2.24, 2.45) is 0 Å². The zero-order valence-corrected chi connectivity index (χ0v) is 15.8. The normalized spacial score (nSPS) is 17.3. The lowest BCUT2D eigenvalue weighted by atomic mass is 10.0. The first-order valence-corrected chi connectivity index (χ1v) is 9.58. The van der Waals surface area contributed by atoms with Gasteiger partial charge in [0.2, 0.25) is 5.91 Å². The van der Waals surface area contributed by atoms with Crippen LogP contribution in [0.4, 0.5) is 5.69 Å². The largest absolute Gasteiger partial charge is 0.348 e. The lowest BCUT2D eigenvalue weighted by Gasteiger charge is -2.32. The lowest BCUT2D eigenvalue weighted by Crippen LogP contribution is -2.42. The molecule has 5 heteroatoms. The summed E-state index contributed by atoms with van der Waals surface area (Å²) in [6.07, 6.45) is 3.49. The minimum Gasteiger partial charge on any atom is -0.348 e. The molecule has 1 aliphatic heterocycles. The van der Waals surface area contributed by atoms with E-state index in [1.54, 1.807) is 18.2 Å². The highest BCUT2D eigenvalue weighted by Gasteiger charge is 2.21. The van der Waals surface area contributed by atoms with Crippen LogP contribution >= 0.6 is 0 Å². The molecule has 2 aromatic rings. The fourth-order valence-corrected chi connectivity index (χ4v) is 3.43. The van der Waals surface area contributed by atoms with E-state index in [4.69, 9.17) is 0 Å². The van der Waals surface area contributed by atoms with Crippen molar-refractivity contribution in [2.75, 3.05) is 18.4 Å². The fraction of sp³-hybridized carbons (Fsp3) is 0.364. The topological polar surface area (TPSA) is 61.4 Å². The first-order valence-electron chi connectivity index (χ1n) is 9.58. The molecule has 0 aliphatic carbocycles. The monoisotopic (exact) mass is 365 g/mol. The van der Waals surface area contributed by atoms with Gasteiger partial charge in [-0.25, -0.2) is 0 Å². The molecule has 1 heterocycles. The van der Waals surface area contributed by atoms with Crippen molar-refractivity contribution in [2.45, 2.75) is 38.8 Å². The Hall–Kier alpha value is -2.66. The molecule has 142 valence electrons. The number of hydrogen-bond acceptors (Lipinski definition) is 3. The molecule has 1 aliphatic rings. The second-order valence-corrected chi connectivity index (χ2v) is 7.08. The Balaban J connectivity index is 1.61. The van der Waals surface area contributed by atoms with E-state index >= 15 is 0 Å². The number of rotatable bonds is 6. The van der Waals surface area contributed by atoms with Gasteiger partial charge < -0.3 is 10.6 Å². The number of anilines is 1. The molecular formula is C22H27N3O2. The van der Waals surface area contributed by atoms with Gasteiger partial charge in [0.15, 0.2) is 0 Å². The van der Waals surface area contributed by atoms with Gasteiger partial charge in [0, 0.05) is 12.6 Å². The van der Waals surface area contributed by atoms with Gasteiger partial charge in [-0.2, -0.15) is 0 Å². The highest BCUT2D eigenvalue weighted by molar-refractivity contribution is 6.04. The van der Waals surface area contributed by atoms with Gasteiger partial charge >= 0.3 is 0 Å². The standard InChI is InChI=1S/C22H27N3O2/c1-17-9-7-8-14-25(17)16-21(26)24-20-13-6-5-12-19(20)22(27)23-15-18-10-3-2-4-11-18/h2-6,10-13,17H,7-9,14-16H2,1H3,(H,23,27)(H,24,26)/t17-/m0/s1. The summed E-state index contributed by atoms with van der Waals surface area (Å²) in [6.45, 7) is 3.93. The quantitative estimate of drug-likeness (QED) is 0.824. The Bertz CT molecular complexity index is 776. The number of para-hydroxylation sites is 1. The molecule has 0 unspecified atom stereocenters. The number of amides is 2. The highest BCUT2D eigenvalue weighted by Crippen LogP contribution is 2.18. The molecule has 1 fully saturated rings. The zero-order chi connectivity index (χ0) is 19.1. The van der Waals surface area contributed by atoms with Crippen LogP contribution in [0.3, 0.4) is 0 Å². The molecule has 2 amide bonds. The number of nitrogens with one attached hydrogen (secondary N) is 2. The van der Waals surface area contributed by atoms with Crippen LogP contribution in [0.5, 0.6) is 0 Å². The van der Waals surface area contributed by atoms with Crippen molar-refractivity contribution in [1.29, 1.82) is 0 Å². The molecule has 27 heavy (non-hydrogen) atoms. The fourth-order valence-electron chi connectivity index (χ4n) is 3.43. The van der Waals surface area contributed by atoms with Gasteiger partial charge in [-0.3, -0.25) is 14.5 Å². The predicted octanol–water partition coefficient (Wildman–Crippen LogP) is 3.43. The number of nitrogens with zero attached hydrogens (tertiary/aromatic N) is 1. The van der Waals surface area contributed by atoms with Crippen LogP contribution in [-0.4, -0.2) is 35.8 Å². The third-order valence-corrected chi connectivity index (χ3v) is 5.03. The molecular weight excluding hydrogens is 338 g/mol. The van der Waals surface area contributed by atoms with E-state index in [1.807, 2.05) is 36.4 Å². The molecule has 0 spiro atoms. The van der Waals surface area contributed by atoms with Gasteiger partial charge in [-0.1, -0.05) is 48.9 Å². The van der Waals surface area contributed by atoms with Crippen molar-refractivity contribution in [3.8, 4) is 0 Å². The number of carbonyl (C=O) groups is 2. The van der Waals surface area contributed by atoms with Crippen molar-refractivity contribution >= 4 is 17.5 Å². The number of benzene rings is 2. The van der Waals surface area contributed by atoms with Crippen molar-refractivity contribution in [3.05, 3.63) is 65.7 Å². The van der Waals surface area contributed by atoms with Gasteiger partial charge in [-0.05, 0) is 44.0 Å². The minimum absolute atomic E-state index is 0.0768. The van der Waals surface area contributed by atoms with E-state index in [0.29, 0.717) is 30.4 Å². The molecule has 0 aromatic heterocycles. The van der Waals surface area contributed by atoms with Crippen LogP contribution in [-0.2, 0) is 11.3 Å². The molecule has 2 aromatic carbocycles. The Morgan fingerprint density at radius 1 is 1.04 bits per heavy atom. The zero-order valence-electron chi connectivity index (χ0n) is 15.8. The highest BCUT2D eigenvalue weighted by atomic mass is 16.2. The van der Waals surface area contributed by atoms with Crippen molar-refractivity contribution < 1.29 is 9.59 Å². The summed E-state index contributed by atoms with van der Waals surface area (Å²) in [5.74, 6) is -0.270. The maximum absolute atomic E-state index is 12.6. The van der Waals surface area contributed by atoms with Crippen LogP contribution < -0.4 is 10.6 Å². The maximum atomic E-state index is 12.6. The van der Waals surface area contributed by atoms with E-state index in [2.05, 4.69) is 22.5 Å². The molecule has 1 atom stereocenters. The van der Waals surface area contributed by atoms with Gasteiger partial charge in [0.25, 0.3) is 5.91 Å². The molecule has 0 radical (unpaired) electrons. The average molecular weight is 365 g/mol. The predicted molar refractivity (Wildman–Crippen MR) is 108 cm³/mol. The molecule has 3 rings (SSSR count). The molecule has 5 nitrogen and oxygen atoms in total. The first-order chi connectivity index (χ1) is 13.1. The SMILES string of the molecule is C[C@H]1CCCCN1CC(=O)Nc1ccccc1C(=O)NCc1ccccc1. The van der Waals surface area contributed by atoms with Crippen molar-refractivity contribution in [1.82, 2.24) is 10.2 Å². The lowest BCUT2D eigenvalue weighted by molar-refractivity contribution is -0.118. The van der Waals surface area contributed by atoms with Crippen molar-refractivity contribution in [3.63, 3.8) is 0 Å². The Labute approximate surface area is 160 Å². The Morgan fingerprint density at radius 2 is 1.78 bits per heavy atom. The summed E-state index contributed by atoms with van der Waals surface area (Å²) in [4.78, 5) is 27.3. The third-order valence-electron chi connectivity index (χ3n) is 5.03. The average Bonchev–Trinajstić information content (AvgIpc) is 2.69. The van der Waals surface area contributed by atoms with Gasteiger partial charge in [0.05, 0.1) is 17.8 Å². The first kappa shape index (κ1) is 19.1. The van der Waals surface area contributed by atoms with Crippen LogP contribution in [0.1, 0.15) is 42.1 Å². The summed E-state index contributed by atoms with van der Waals surface area (Å²) in [5.41, 5.74) is 2.07. The number of piperidine rings is 1. The van der Waals surface area contributed by atoms with Crippen LogP contribution in [0, 0.1) is 0 Å². The molecule has 1 saturated heterocycles. The number of hydrogen-bond donors (Lipinski definition) is 2. The van der Waals surface area contributed by atoms with Gasteiger partial charge in [-0.15, -0.1) is 0 Å². The van der Waals surface area contributed by atoms with E-state index in [0.717, 1.165) is 24.9 Å². The smallest absolute Gasteiger partial charge is 0.253 e. The van der Waals surface area contributed by atoms with E-state index in [9.17, 15) is 9.59 Å². The molecule has 0 saturated carbocycles. The van der Waals surface area contributed by atoms with Crippen LogP contribution in [0.15, 0.2) is 54.6 Å². The Morgan fingerprint density at radius 3 is 2.56 bits per heavy atom. The van der Waals surface area contributed by atoms with Crippen LogP contribution in [0.2, 0.25) is 0 Å². The third kappa shape index (κ3) is 5.41. The summed E-state index contributed by atoms with van der Waals surface area (Å²) in [6, 6.07) is 17.3. The summed E-state index contributed by atoms with van der Waals surface area (Å²) in [7, 11) is 0. The van der Waals surface area contributed by atoms with E-state index in [1.165, 1.54) is 6.42 Å². The maximum Gasteiger partial charge on any atom is 0.253 e. The minimum atomic E-state index is -0.193. The molecule has 2 N–H and O–H groups in total. The number of likely N-dealkylation sites (tertiary alicyclic amines) is 1. The Kier molecular flexibility index (Phi) is 6.60. The summed E-state index contributed by atoms with van der Waals surface area (Å²) >= 11 is 0. The summed E-state index contributed by atoms with van der Waals surface area (Å²) < 4.78 is 0. The number of carbonyl (C=O) groups excluding carboxylic acids is 2.